The Kier molecular flexibility index (Phi) is 4.13. The molecule has 0 spiro atoms. The third kappa shape index (κ3) is 2.97. The van der Waals surface area contributed by atoms with Gasteiger partial charge in [-0.3, -0.25) is 19.8 Å². The number of rotatable bonds is 4. The third-order valence-electron chi connectivity index (χ3n) is 4.81. The van der Waals surface area contributed by atoms with Crippen LogP contribution in [0, 0.1) is 16.7 Å². The van der Waals surface area contributed by atoms with Crippen LogP contribution >= 0.6 is 0 Å². The Bertz CT molecular complexity index is 462. The van der Waals surface area contributed by atoms with Gasteiger partial charge in [0.1, 0.15) is 5.41 Å². The summed E-state index contributed by atoms with van der Waals surface area (Å²) < 4.78 is 0. The van der Waals surface area contributed by atoms with Crippen molar-refractivity contribution in [3.05, 3.63) is 0 Å². The number of amides is 4. The van der Waals surface area contributed by atoms with Gasteiger partial charge in [0.25, 0.3) is 0 Å². The molecular formula is C16H26N2O3. The maximum absolute atomic E-state index is 12.5. The number of hydrogen-bond donors (Lipinski definition) is 1. The highest BCUT2D eigenvalue weighted by Crippen LogP contribution is 2.44. The molecule has 1 N–H and O–H groups in total. The second-order valence-electron chi connectivity index (χ2n) is 7.58. The van der Waals surface area contributed by atoms with Crippen molar-refractivity contribution in [3.63, 3.8) is 0 Å². The predicted octanol–water partition coefficient (Wildman–Crippen LogP) is 2.70. The molecule has 5 nitrogen and oxygen atoms in total. The zero-order chi connectivity index (χ0) is 15.8. The van der Waals surface area contributed by atoms with Crippen LogP contribution < -0.4 is 5.32 Å². The Labute approximate surface area is 126 Å². The number of imide groups is 2. The van der Waals surface area contributed by atoms with Gasteiger partial charge in [0.2, 0.25) is 11.8 Å². The first-order chi connectivity index (χ1) is 9.68. The molecule has 1 saturated carbocycles. The topological polar surface area (TPSA) is 66.5 Å². The molecule has 1 heterocycles. The van der Waals surface area contributed by atoms with Gasteiger partial charge in [-0.2, -0.15) is 0 Å². The van der Waals surface area contributed by atoms with Crippen LogP contribution in [0.3, 0.4) is 0 Å². The molecule has 2 rings (SSSR count). The lowest BCUT2D eigenvalue weighted by Crippen LogP contribution is -2.63. The number of nitrogens with one attached hydrogen (secondary N) is 1. The molecule has 0 aromatic carbocycles. The molecule has 0 bridgehead atoms. The molecule has 1 aliphatic carbocycles. The lowest BCUT2D eigenvalue weighted by Gasteiger charge is -2.40. The fourth-order valence-corrected chi connectivity index (χ4v) is 3.74. The molecule has 1 saturated heterocycles. The van der Waals surface area contributed by atoms with Crippen LogP contribution in [-0.2, 0) is 9.59 Å². The Morgan fingerprint density at radius 3 is 2.24 bits per heavy atom. The van der Waals surface area contributed by atoms with Crippen molar-refractivity contribution < 1.29 is 14.4 Å². The van der Waals surface area contributed by atoms with Gasteiger partial charge in [-0.1, -0.05) is 26.7 Å². The number of nitrogens with zero attached hydrogens (tertiary/aromatic N) is 1. The van der Waals surface area contributed by atoms with Gasteiger partial charge >= 0.3 is 6.03 Å². The van der Waals surface area contributed by atoms with Crippen LogP contribution in [0.5, 0.6) is 0 Å². The normalized spacial score (nSPS) is 24.6. The standard InChI is InChI=1S/C16H26N2O3/c1-11(2)9-16(7-5-6-8-16)10-18-13(20)15(3,4)12(19)17-14(18)21/h11H,5-10H2,1-4H3,(H,17,19,21). The molecule has 5 heteroatoms. The largest absolute Gasteiger partial charge is 0.330 e. The van der Waals surface area contributed by atoms with E-state index in [0.29, 0.717) is 12.5 Å². The van der Waals surface area contributed by atoms with Gasteiger partial charge in [0, 0.05) is 6.54 Å². The molecule has 2 aliphatic rings. The van der Waals surface area contributed by atoms with Crippen LogP contribution in [-0.4, -0.2) is 29.3 Å². The van der Waals surface area contributed by atoms with Crippen LogP contribution in [0.4, 0.5) is 4.79 Å². The third-order valence-corrected chi connectivity index (χ3v) is 4.81. The van der Waals surface area contributed by atoms with Crippen molar-refractivity contribution >= 4 is 17.8 Å². The van der Waals surface area contributed by atoms with Crippen molar-refractivity contribution in [2.75, 3.05) is 6.54 Å². The Hall–Kier alpha value is -1.39. The number of hydrogen-bond acceptors (Lipinski definition) is 3. The van der Waals surface area contributed by atoms with Crippen molar-refractivity contribution in [1.29, 1.82) is 0 Å². The van der Waals surface area contributed by atoms with E-state index in [0.717, 1.165) is 32.1 Å². The zero-order valence-electron chi connectivity index (χ0n) is 13.5. The van der Waals surface area contributed by atoms with Crippen LogP contribution in [0.2, 0.25) is 0 Å². The lowest BCUT2D eigenvalue weighted by atomic mass is 9.77. The maximum Gasteiger partial charge on any atom is 0.330 e. The monoisotopic (exact) mass is 294 g/mol. The highest BCUT2D eigenvalue weighted by molar-refractivity contribution is 6.18. The Balaban J connectivity index is 2.21. The first-order valence-electron chi connectivity index (χ1n) is 7.85. The molecule has 0 aromatic heterocycles. The first-order valence-corrected chi connectivity index (χ1v) is 7.85. The minimum atomic E-state index is -1.16. The maximum atomic E-state index is 12.5. The predicted molar refractivity (Wildman–Crippen MR) is 79.4 cm³/mol. The van der Waals surface area contributed by atoms with Crippen molar-refractivity contribution in [2.45, 2.75) is 59.8 Å². The van der Waals surface area contributed by atoms with Crippen molar-refractivity contribution in [2.24, 2.45) is 16.7 Å². The Morgan fingerprint density at radius 2 is 1.71 bits per heavy atom. The highest BCUT2D eigenvalue weighted by atomic mass is 16.2. The summed E-state index contributed by atoms with van der Waals surface area (Å²) in [6.45, 7) is 7.94. The molecule has 21 heavy (non-hydrogen) atoms. The summed E-state index contributed by atoms with van der Waals surface area (Å²) in [6, 6.07) is -0.556. The van der Waals surface area contributed by atoms with E-state index in [9.17, 15) is 14.4 Å². The van der Waals surface area contributed by atoms with E-state index >= 15 is 0 Å². The van der Waals surface area contributed by atoms with Gasteiger partial charge in [-0.25, -0.2) is 4.79 Å². The summed E-state index contributed by atoms with van der Waals surface area (Å²) in [6.07, 6.45) is 5.42. The molecule has 4 amide bonds. The highest BCUT2D eigenvalue weighted by Gasteiger charge is 2.49. The van der Waals surface area contributed by atoms with E-state index in [1.807, 2.05) is 0 Å². The summed E-state index contributed by atoms with van der Waals surface area (Å²) in [5.74, 6) is -0.343. The van der Waals surface area contributed by atoms with Gasteiger partial charge in [0.05, 0.1) is 0 Å². The first kappa shape index (κ1) is 16.0. The molecule has 0 atom stereocenters. The van der Waals surface area contributed by atoms with E-state index in [1.165, 1.54) is 4.90 Å². The molecule has 0 aromatic rings. The average molecular weight is 294 g/mol. The molecule has 118 valence electrons. The Morgan fingerprint density at radius 1 is 1.14 bits per heavy atom. The SMILES string of the molecule is CC(C)CC1(CN2C(=O)NC(=O)C(C)(C)C2=O)CCCC1. The molecular weight excluding hydrogens is 268 g/mol. The van der Waals surface area contributed by atoms with Gasteiger partial charge < -0.3 is 0 Å². The minimum Gasteiger partial charge on any atom is -0.277 e. The summed E-state index contributed by atoms with van der Waals surface area (Å²) >= 11 is 0. The minimum absolute atomic E-state index is 0.0254. The van der Waals surface area contributed by atoms with Crippen LogP contribution in [0.1, 0.15) is 59.8 Å². The number of carbonyl (C=O) groups is 3. The average Bonchev–Trinajstić information content (AvgIpc) is 2.81. The van der Waals surface area contributed by atoms with E-state index < -0.39 is 17.4 Å². The second kappa shape index (κ2) is 5.43. The fraction of sp³-hybridized carbons (Fsp3) is 0.812. The van der Waals surface area contributed by atoms with Gasteiger partial charge in [-0.05, 0) is 44.4 Å². The van der Waals surface area contributed by atoms with Gasteiger partial charge in [-0.15, -0.1) is 0 Å². The molecule has 2 fully saturated rings. The van der Waals surface area contributed by atoms with E-state index in [2.05, 4.69) is 19.2 Å². The van der Waals surface area contributed by atoms with Gasteiger partial charge in [0.15, 0.2) is 0 Å². The lowest BCUT2D eigenvalue weighted by molar-refractivity contribution is -0.150. The van der Waals surface area contributed by atoms with Crippen LogP contribution in [0.25, 0.3) is 0 Å². The number of barbiturate groups is 1. The van der Waals surface area contributed by atoms with Crippen LogP contribution in [0.15, 0.2) is 0 Å². The van der Waals surface area contributed by atoms with Crippen molar-refractivity contribution in [3.8, 4) is 0 Å². The van der Waals surface area contributed by atoms with E-state index in [1.54, 1.807) is 13.8 Å². The molecule has 0 unspecified atom stereocenters. The molecule has 0 radical (unpaired) electrons. The van der Waals surface area contributed by atoms with E-state index in [-0.39, 0.29) is 11.3 Å². The quantitative estimate of drug-likeness (QED) is 0.811. The summed E-state index contributed by atoms with van der Waals surface area (Å²) in [4.78, 5) is 37.7. The zero-order valence-corrected chi connectivity index (χ0v) is 13.5. The second-order valence-corrected chi connectivity index (χ2v) is 7.58. The van der Waals surface area contributed by atoms with Crippen molar-refractivity contribution in [1.82, 2.24) is 10.2 Å². The fourth-order valence-electron chi connectivity index (χ4n) is 3.74. The molecule has 1 aliphatic heterocycles. The summed E-state index contributed by atoms with van der Waals surface area (Å²) in [5.41, 5.74) is -1.14. The number of urea groups is 1. The summed E-state index contributed by atoms with van der Waals surface area (Å²) in [5, 5.41) is 2.32. The summed E-state index contributed by atoms with van der Waals surface area (Å²) in [7, 11) is 0. The number of carbonyl (C=O) groups excluding carboxylic acids is 3. The van der Waals surface area contributed by atoms with E-state index in [4.69, 9.17) is 0 Å². The smallest absolute Gasteiger partial charge is 0.277 e.